The average Bonchev–Trinajstić information content (AvgIpc) is 3.44. The fourth-order valence-electron chi connectivity index (χ4n) is 11.3. The Kier molecular flexibility index (Phi) is 66.4. The molecule has 3 N–H and O–H groups in total. The van der Waals surface area contributed by atoms with Crippen molar-refractivity contribution < 1.29 is 24.5 Å². The van der Waals surface area contributed by atoms with Crippen molar-refractivity contribution in [3.8, 4) is 0 Å². The lowest BCUT2D eigenvalue weighted by molar-refractivity contribution is -0.143. The Morgan fingerprint density at radius 1 is 0.346 bits per heavy atom. The largest absolute Gasteiger partial charge is 0.466 e. The zero-order chi connectivity index (χ0) is 56.4. The molecular formula is C72H139NO5. The second kappa shape index (κ2) is 67.8. The summed E-state index contributed by atoms with van der Waals surface area (Å²) in [5.41, 5.74) is 0. The first-order valence-electron chi connectivity index (χ1n) is 35.6. The number of amides is 1. The predicted molar refractivity (Wildman–Crippen MR) is 343 cm³/mol. The Labute approximate surface area is 488 Å². The van der Waals surface area contributed by atoms with Crippen LogP contribution < -0.4 is 5.32 Å². The SMILES string of the molecule is CCCCCCCCC/C=C\CCCCCCCC(=O)OCCCCCCCCCCCCCCCCCCCCCCCCCCCC(=O)NC(CO)C(O)/C=C/CCCCCCCCCCCCCCCCCCCC. The number of hydrogen-bond donors (Lipinski definition) is 3. The molecule has 0 saturated heterocycles. The summed E-state index contributed by atoms with van der Waals surface area (Å²) in [5.74, 6) is -0.0530. The molecule has 0 spiro atoms. The van der Waals surface area contributed by atoms with Crippen molar-refractivity contribution >= 4 is 11.9 Å². The van der Waals surface area contributed by atoms with E-state index < -0.39 is 12.1 Å². The van der Waals surface area contributed by atoms with E-state index >= 15 is 0 Å². The molecule has 6 heteroatoms. The highest BCUT2D eigenvalue weighted by Crippen LogP contribution is 2.19. The first-order valence-corrected chi connectivity index (χ1v) is 35.6. The summed E-state index contributed by atoms with van der Waals surface area (Å²) in [4.78, 5) is 24.6. The highest BCUT2D eigenvalue weighted by Gasteiger charge is 2.18. The monoisotopic (exact) mass is 1100 g/mol. The van der Waals surface area contributed by atoms with Gasteiger partial charge in [-0.05, 0) is 57.8 Å². The lowest BCUT2D eigenvalue weighted by Gasteiger charge is -2.20. The Hall–Kier alpha value is -1.66. The Balaban J connectivity index is 3.38. The van der Waals surface area contributed by atoms with E-state index in [0.29, 0.717) is 19.4 Å². The molecule has 0 rings (SSSR count). The lowest BCUT2D eigenvalue weighted by Crippen LogP contribution is -2.45. The molecule has 78 heavy (non-hydrogen) atoms. The predicted octanol–water partition coefficient (Wildman–Crippen LogP) is 22.9. The Bertz CT molecular complexity index is 1220. The van der Waals surface area contributed by atoms with Crippen molar-refractivity contribution in [1.82, 2.24) is 5.32 Å². The fraction of sp³-hybridized carbons (Fsp3) is 0.917. The topological polar surface area (TPSA) is 95.9 Å². The van der Waals surface area contributed by atoms with Crippen LogP contribution in [0.5, 0.6) is 0 Å². The molecule has 0 aliphatic heterocycles. The Morgan fingerprint density at radius 3 is 0.910 bits per heavy atom. The summed E-state index contributed by atoms with van der Waals surface area (Å²) in [7, 11) is 0. The molecule has 0 bridgehead atoms. The standard InChI is InChI=1S/C72H139NO5/c1-3-5-7-9-11-13-15-17-19-21-22-30-33-36-40-44-48-52-56-60-64-70(75)69(68-74)73-71(76)65-61-57-53-49-45-41-37-34-31-28-26-24-23-25-27-29-32-35-39-43-47-51-55-59-63-67-78-72(77)66-62-58-54-50-46-42-38-20-18-16-14-12-10-8-6-4-2/h20,38,60,64,69-70,74-75H,3-19,21-37,39-59,61-63,65-68H2,1-2H3,(H,73,76)/b38-20-,64-60+. The molecule has 6 nitrogen and oxygen atoms in total. The Morgan fingerprint density at radius 2 is 0.603 bits per heavy atom. The zero-order valence-corrected chi connectivity index (χ0v) is 52.9. The fourth-order valence-corrected chi connectivity index (χ4v) is 11.3. The minimum Gasteiger partial charge on any atom is -0.466 e. The van der Waals surface area contributed by atoms with Crippen LogP contribution in [0.4, 0.5) is 0 Å². The van der Waals surface area contributed by atoms with Crippen LogP contribution in [0.2, 0.25) is 0 Å². The van der Waals surface area contributed by atoms with Crippen molar-refractivity contribution in [1.29, 1.82) is 0 Å². The molecule has 0 radical (unpaired) electrons. The van der Waals surface area contributed by atoms with Crippen LogP contribution >= 0.6 is 0 Å². The third-order valence-electron chi connectivity index (χ3n) is 16.7. The van der Waals surface area contributed by atoms with Crippen LogP contribution in [-0.4, -0.2) is 47.4 Å². The minimum absolute atomic E-state index is 0.00940. The van der Waals surface area contributed by atoms with Crippen LogP contribution in [0.1, 0.15) is 399 Å². The van der Waals surface area contributed by atoms with E-state index in [0.717, 1.165) is 44.9 Å². The van der Waals surface area contributed by atoms with E-state index in [1.807, 2.05) is 6.08 Å². The van der Waals surface area contributed by atoms with Crippen molar-refractivity contribution in [3.63, 3.8) is 0 Å². The van der Waals surface area contributed by atoms with Gasteiger partial charge in [0.2, 0.25) is 5.91 Å². The van der Waals surface area contributed by atoms with Gasteiger partial charge in [0.15, 0.2) is 0 Å². The van der Waals surface area contributed by atoms with E-state index in [9.17, 15) is 19.8 Å². The number of allylic oxidation sites excluding steroid dienone is 3. The number of esters is 1. The second-order valence-corrected chi connectivity index (χ2v) is 24.6. The van der Waals surface area contributed by atoms with Crippen molar-refractivity contribution in [3.05, 3.63) is 24.3 Å². The first-order chi connectivity index (χ1) is 38.5. The smallest absolute Gasteiger partial charge is 0.305 e. The second-order valence-electron chi connectivity index (χ2n) is 24.6. The van der Waals surface area contributed by atoms with Crippen LogP contribution in [0.15, 0.2) is 24.3 Å². The number of rotatable bonds is 67. The number of aliphatic hydroxyl groups excluding tert-OH is 2. The van der Waals surface area contributed by atoms with Gasteiger partial charge in [0.05, 0.1) is 25.4 Å². The van der Waals surface area contributed by atoms with Crippen LogP contribution in [0.3, 0.4) is 0 Å². The molecule has 1 amide bonds. The molecule has 462 valence electrons. The molecule has 0 saturated carbocycles. The third kappa shape index (κ3) is 63.5. The van der Waals surface area contributed by atoms with Gasteiger partial charge in [0, 0.05) is 12.8 Å². The van der Waals surface area contributed by atoms with E-state index in [2.05, 4.69) is 31.3 Å². The van der Waals surface area contributed by atoms with Gasteiger partial charge in [0.1, 0.15) is 0 Å². The summed E-state index contributed by atoms with van der Waals surface area (Å²) in [6, 6.07) is -0.627. The molecule has 0 aliphatic carbocycles. The van der Waals surface area contributed by atoms with E-state index in [1.54, 1.807) is 6.08 Å². The van der Waals surface area contributed by atoms with Crippen LogP contribution in [-0.2, 0) is 14.3 Å². The number of hydrogen-bond acceptors (Lipinski definition) is 5. The normalized spacial score (nSPS) is 12.6. The van der Waals surface area contributed by atoms with Crippen LogP contribution in [0, 0.1) is 0 Å². The van der Waals surface area contributed by atoms with E-state index in [4.69, 9.17) is 4.74 Å². The number of ether oxygens (including phenoxy) is 1. The van der Waals surface area contributed by atoms with Crippen molar-refractivity contribution in [2.45, 2.75) is 411 Å². The summed E-state index contributed by atoms with van der Waals surface area (Å²) in [6.45, 7) is 4.94. The maximum absolute atomic E-state index is 12.5. The van der Waals surface area contributed by atoms with Gasteiger partial charge in [0.25, 0.3) is 0 Å². The minimum atomic E-state index is -0.844. The van der Waals surface area contributed by atoms with Gasteiger partial charge in [-0.15, -0.1) is 0 Å². The molecule has 0 fully saturated rings. The molecule has 0 heterocycles. The number of unbranched alkanes of at least 4 members (excludes halogenated alkanes) is 54. The highest BCUT2D eigenvalue weighted by atomic mass is 16.5. The number of aliphatic hydroxyl groups is 2. The van der Waals surface area contributed by atoms with Gasteiger partial charge < -0.3 is 20.3 Å². The molecule has 2 atom stereocenters. The van der Waals surface area contributed by atoms with Crippen molar-refractivity contribution in [2.75, 3.05) is 13.2 Å². The molecule has 0 aliphatic rings. The number of nitrogens with one attached hydrogen (secondary N) is 1. The molecule has 0 aromatic carbocycles. The number of carbonyl (C=O) groups is 2. The molecular weight excluding hydrogens is 959 g/mol. The maximum atomic E-state index is 12.5. The van der Waals surface area contributed by atoms with Gasteiger partial charge in [-0.1, -0.05) is 353 Å². The highest BCUT2D eigenvalue weighted by molar-refractivity contribution is 5.76. The molecule has 2 unspecified atom stereocenters. The average molecular weight is 1100 g/mol. The number of carbonyl (C=O) groups excluding carboxylic acids is 2. The zero-order valence-electron chi connectivity index (χ0n) is 52.9. The third-order valence-corrected chi connectivity index (χ3v) is 16.7. The maximum Gasteiger partial charge on any atom is 0.305 e. The van der Waals surface area contributed by atoms with E-state index in [-0.39, 0.29) is 18.5 Å². The lowest BCUT2D eigenvalue weighted by atomic mass is 10.0. The first kappa shape index (κ1) is 76.3. The van der Waals surface area contributed by atoms with Gasteiger partial charge in [-0.2, -0.15) is 0 Å². The quantitative estimate of drug-likeness (QED) is 0.0320. The van der Waals surface area contributed by atoms with Crippen LogP contribution in [0.25, 0.3) is 0 Å². The van der Waals surface area contributed by atoms with Gasteiger partial charge in [-0.25, -0.2) is 0 Å². The van der Waals surface area contributed by atoms with Crippen molar-refractivity contribution in [2.24, 2.45) is 0 Å². The summed E-state index contributed by atoms with van der Waals surface area (Å²) >= 11 is 0. The molecule has 0 aromatic heterocycles. The summed E-state index contributed by atoms with van der Waals surface area (Å²) in [6.07, 6.45) is 85.4. The van der Waals surface area contributed by atoms with Gasteiger partial charge in [-0.3, -0.25) is 9.59 Å². The summed E-state index contributed by atoms with van der Waals surface area (Å²) in [5, 5.41) is 23.2. The van der Waals surface area contributed by atoms with Gasteiger partial charge >= 0.3 is 5.97 Å². The van der Waals surface area contributed by atoms with E-state index in [1.165, 1.54) is 327 Å². The molecule has 0 aromatic rings. The summed E-state index contributed by atoms with van der Waals surface area (Å²) < 4.78 is 5.50.